The van der Waals surface area contributed by atoms with Crippen LogP contribution in [0.2, 0.25) is 5.02 Å². The maximum absolute atomic E-state index is 14.4. The molecule has 5 aromatic carbocycles. The van der Waals surface area contributed by atoms with Crippen molar-refractivity contribution in [2.45, 2.75) is 227 Å². The third-order valence-electron chi connectivity index (χ3n) is 22.4. The molecule has 13 N–H and O–H groups in total. The molecule has 1 aromatic heterocycles. The average molecular weight is 1800 g/mol. The van der Waals surface area contributed by atoms with Gasteiger partial charge >= 0.3 is 23.9 Å². The number of fused-ring (bicyclic) bond motifs is 2. The lowest BCUT2D eigenvalue weighted by molar-refractivity contribution is -0.438. The molecule has 126 heavy (non-hydrogen) atoms. The molecule has 36 heteroatoms. The predicted molar refractivity (Wildman–Crippen MR) is 471 cm³/mol. The van der Waals surface area contributed by atoms with Crippen LogP contribution in [0.5, 0.6) is 5.75 Å². The van der Waals surface area contributed by atoms with Crippen molar-refractivity contribution >= 4 is 108 Å². The highest BCUT2D eigenvalue weighted by Crippen LogP contribution is 2.48. The summed E-state index contributed by atoms with van der Waals surface area (Å²) < 4.78 is 72.5. The van der Waals surface area contributed by atoms with Crippen LogP contribution in [0.1, 0.15) is 183 Å². The van der Waals surface area contributed by atoms with E-state index in [4.69, 9.17) is 16.7 Å². The molecule has 3 heterocycles. The highest BCUT2D eigenvalue weighted by molar-refractivity contribution is 7.86. The quantitative estimate of drug-likeness (QED) is 0.00959. The Kier molecular flexibility index (Phi) is 35.6. The average Bonchev–Trinajstić information content (AvgIpc) is 1.59. The summed E-state index contributed by atoms with van der Waals surface area (Å²) in [6, 6.07) is 24.9. The number of hydrogen-bond donors (Lipinski definition) is 13. The first-order valence-electron chi connectivity index (χ1n) is 42.1. The van der Waals surface area contributed by atoms with Gasteiger partial charge in [-0.15, -0.1) is 5.10 Å². The Labute approximate surface area is 738 Å². The van der Waals surface area contributed by atoms with E-state index in [1.165, 1.54) is 36.4 Å². The minimum Gasteiger partial charge on any atom is -0.508 e. The van der Waals surface area contributed by atoms with Crippen LogP contribution >= 0.6 is 11.6 Å². The number of anilines is 1. The molecule has 0 bridgehead atoms. The van der Waals surface area contributed by atoms with Crippen molar-refractivity contribution in [1.82, 2.24) is 57.1 Å². The molecule has 676 valence electrons. The number of halogens is 1. The van der Waals surface area contributed by atoms with Crippen LogP contribution in [0.3, 0.4) is 0 Å². The van der Waals surface area contributed by atoms with E-state index in [9.17, 15) is 89.2 Å². The number of phenolic OH excluding ortho intramolecular Hbond substituents is 1. The van der Waals surface area contributed by atoms with Gasteiger partial charge in [-0.25, -0.2) is 14.4 Å². The van der Waals surface area contributed by atoms with Gasteiger partial charge in [-0.3, -0.25) is 47.3 Å². The van der Waals surface area contributed by atoms with Gasteiger partial charge in [0.1, 0.15) is 42.2 Å². The molecular weight excluding hydrogens is 1680 g/mol. The van der Waals surface area contributed by atoms with E-state index in [0.29, 0.717) is 86.3 Å². The minimum atomic E-state index is -4.50. The first-order valence-corrected chi connectivity index (χ1v) is 45.4. The van der Waals surface area contributed by atoms with Crippen LogP contribution in [0.25, 0.3) is 0 Å². The second-order valence-corrected chi connectivity index (χ2v) is 36.0. The van der Waals surface area contributed by atoms with Crippen LogP contribution in [0.15, 0.2) is 178 Å². The SMILES string of the molecule is CN1/C(=C/C=C2C=C(/C=C/C3=[N+](CCCCCC(=O)NCc4cn(CCCNC(=O)[C@H](Cc5ccc(O)cc5)NC(=O)[C@H](Cc5ccccc5)NC(=O)CCC(=O)NCCCCCC(=O)N(CCCC[C@H](NC(=O)N[C@@H](CCC(=O)O)C(=O)O)C(=O)O)Cc5cccc(Cl)c5)nn4)c4ccc(S(=O)(=O)O)cc4C3(C)C)CCC/2)C(C)(C)c2cc(S(=O)(=O)O)ccc21. The Bertz CT molecular complexity index is 5340. The number of benzene rings is 5. The van der Waals surface area contributed by atoms with E-state index >= 15 is 0 Å². The fourth-order valence-corrected chi connectivity index (χ4v) is 16.8. The summed E-state index contributed by atoms with van der Waals surface area (Å²) in [5.41, 5.74) is 8.63. The molecule has 9 rings (SSSR count). The molecule has 3 aliphatic rings. The van der Waals surface area contributed by atoms with Gasteiger partial charge in [-0.2, -0.15) is 21.4 Å². The number of aryl methyl sites for hydroxylation is 1. The van der Waals surface area contributed by atoms with Gasteiger partial charge < -0.3 is 67.4 Å². The third kappa shape index (κ3) is 29.3. The number of likely N-dealkylation sites (N-methyl/N-ethyl adjacent to an activating group) is 1. The number of aliphatic carboxylic acids is 3. The number of rotatable bonds is 48. The van der Waals surface area contributed by atoms with Crippen LogP contribution in [0.4, 0.5) is 16.2 Å². The van der Waals surface area contributed by atoms with Crippen LogP contribution in [-0.4, -0.2) is 193 Å². The Morgan fingerprint density at radius 3 is 1.91 bits per heavy atom. The molecule has 1 aliphatic carbocycles. The largest absolute Gasteiger partial charge is 0.508 e. The molecule has 0 spiro atoms. The smallest absolute Gasteiger partial charge is 0.326 e. The summed E-state index contributed by atoms with van der Waals surface area (Å²) in [5.74, 6) is -6.76. The van der Waals surface area contributed by atoms with Crippen LogP contribution in [0, 0.1) is 0 Å². The van der Waals surface area contributed by atoms with E-state index < -0.39 is 116 Å². The summed E-state index contributed by atoms with van der Waals surface area (Å²) in [6.07, 6.45) is 18.0. The third-order valence-corrected chi connectivity index (χ3v) is 24.4. The van der Waals surface area contributed by atoms with Gasteiger partial charge in [0.05, 0.1) is 27.9 Å². The summed E-state index contributed by atoms with van der Waals surface area (Å²) in [4.78, 5) is 133. The van der Waals surface area contributed by atoms with Gasteiger partial charge in [-0.05, 0) is 185 Å². The monoisotopic (exact) mass is 1790 g/mol. The van der Waals surface area contributed by atoms with E-state index in [-0.39, 0.29) is 111 Å². The molecule has 33 nitrogen and oxygen atoms in total. The Balaban J connectivity index is 0.709. The zero-order valence-electron chi connectivity index (χ0n) is 71.3. The van der Waals surface area contributed by atoms with E-state index in [1.807, 2.05) is 39.6 Å². The van der Waals surface area contributed by atoms with Gasteiger partial charge in [0.15, 0.2) is 5.71 Å². The molecular formula is C90H113ClN13O20S2+. The number of amides is 8. The lowest BCUT2D eigenvalue weighted by atomic mass is 9.81. The van der Waals surface area contributed by atoms with Crippen molar-refractivity contribution in [2.24, 2.45) is 0 Å². The first kappa shape index (κ1) is 97.9. The number of urea groups is 1. The van der Waals surface area contributed by atoms with Gasteiger partial charge in [0.25, 0.3) is 20.2 Å². The van der Waals surface area contributed by atoms with Crippen molar-refractivity contribution in [3.05, 3.63) is 207 Å². The minimum absolute atomic E-state index is 0.00698. The summed E-state index contributed by atoms with van der Waals surface area (Å²) in [5, 5.41) is 65.7. The second-order valence-electron chi connectivity index (χ2n) is 32.7. The number of aromatic hydroxyl groups is 1. The lowest BCUT2D eigenvalue weighted by Gasteiger charge is -2.24. The van der Waals surface area contributed by atoms with Crippen LogP contribution in [-0.2, 0) is 107 Å². The molecule has 2 aliphatic heterocycles. The van der Waals surface area contributed by atoms with Crippen molar-refractivity contribution in [3.63, 3.8) is 0 Å². The van der Waals surface area contributed by atoms with Crippen molar-refractivity contribution in [2.75, 3.05) is 38.1 Å². The van der Waals surface area contributed by atoms with Crippen molar-refractivity contribution < 1.29 is 98.9 Å². The molecule has 4 atom stereocenters. The summed E-state index contributed by atoms with van der Waals surface area (Å²) >= 11 is 6.25. The summed E-state index contributed by atoms with van der Waals surface area (Å²) in [6.45, 7) is 9.86. The molecule has 0 fully saturated rings. The molecule has 8 amide bonds. The number of carboxylic acids is 3. The van der Waals surface area contributed by atoms with Crippen molar-refractivity contribution in [1.29, 1.82) is 0 Å². The number of unbranched alkanes of at least 4 members (excludes halogenated alkanes) is 5. The number of carbonyl (C=O) groups excluding carboxylic acids is 7. The van der Waals surface area contributed by atoms with Gasteiger partial charge in [0, 0.05) is 131 Å². The Morgan fingerprint density at radius 1 is 0.587 bits per heavy atom. The molecule has 6 aromatic rings. The molecule has 0 radical (unpaired) electrons. The number of allylic oxidation sites excluding steroid dienone is 8. The number of carbonyl (C=O) groups is 10. The number of nitrogens with zero attached hydrogens (tertiary/aromatic N) is 6. The number of aromatic nitrogens is 3. The number of nitrogens with one attached hydrogen (secondary N) is 7. The second kappa shape index (κ2) is 45.8. The lowest BCUT2D eigenvalue weighted by Crippen LogP contribution is -2.55. The molecule has 0 saturated carbocycles. The summed E-state index contributed by atoms with van der Waals surface area (Å²) in [7, 11) is -6.97. The Hall–Kier alpha value is -11.9. The number of carboxylic acid groups (broad SMARTS) is 3. The fourth-order valence-electron chi connectivity index (χ4n) is 15.6. The zero-order chi connectivity index (χ0) is 91.5. The van der Waals surface area contributed by atoms with E-state index in [1.54, 1.807) is 94.6 Å². The zero-order valence-corrected chi connectivity index (χ0v) is 73.7. The number of phenols is 1. The van der Waals surface area contributed by atoms with Crippen molar-refractivity contribution in [3.8, 4) is 5.75 Å². The maximum Gasteiger partial charge on any atom is 0.326 e. The first-order chi connectivity index (χ1) is 59.8. The molecule has 0 unspecified atom stereocenters. The van der Waals surface area contributed by atoms with Crippen LogP contribution < -0.4 is 42.1 Å². The molecule has 0 saturated heterocycles. The van der Waals surface area contributed by atoms with Gasteiger partial charge in [0.2, 0.25) is 41.1 Å². The highest BCUT2D eigenvalue weighted by Gasteiger charge is 2.45. The van der Waals surface area contributed by atoms with E-state index in [2.05, 4.69) is 82.5 Å². The highest BCUT2D eigenvalue weighted by atomic mass is 35.5. The topological polar surface area (TPSA) is 485 Å². The predicted octanol–water partition coefficient (Wildman–Crippen LogP) is 9.98. The standard InChI is InChI=1S/C90H112ClN13O20S2/c1-89(2)69-54-67(125(119,120)121)35-38-75(69)101(5)77(89)40-31-60-22-17-23-61(50-60)32-41-78-90(3,4)70-55-68(126(122,123)124)36-39-76(70)104(78)49-15-8-11-27-79(106)94-56-65-58-103(100-99-65)48-19-46-93-84(112)73(53-62-29-33-66(105)34-30-62)96-85(113)74(52-59-20-9-6-10-21-59)95-81(108)43-42-80(107)92-45-14-7-12-28-82(109)102(57-63-24-18-25-64(91)51-63)47-16-13-26-71(86(114)115)97-88(118)98-72(87(116)117)37-44-83(110)111/h6,9-10,18,20-21,24-25,29-36,38-41,50-51,54-55,58,71-74H,7-8,11-17,19,22-23,26-28,37,42-49,52-53,56-57H2,1-5H3,(H12-,92,93,94,95,96,97,98,105,106,107,108,110,111,112,113,114,115,116,117,118,119,120,121,122,123,124)/p+1/t71-,72-,73-,74-/m0/s1. The van der Waals surface area contributed by atoms with E-state index in [0.717, 1.165) is 69.9 Å². The normalized spacial score (nSPS) is 15.6. The fraction of sp³-hybridized carbons (Fsp3) is 0.433. The Morgan fingerprint density at radius 2 is 1.22 bits per heavy atom. The van der Waals surface area contributed by atoms with Gasteiger partial charge in [-0.1, -0.05) is 110 Å². The number of hydrogen-bond acceptors (Lipinski definition) is 18. The maximum atomic E-state index is 14.4.